The Kier molecular flexibility index (Phi) is 3.68. The first kappa shape index (κ1) is 13.4. The smallest absolute Gasteiger partial charge is 0.391 e. The Balaban J connectivity index is 2.00. The number of aliphatic hydroxyl groups is 1. The van der Waals surface area contributed by atoms with Gasteiger partial charge >= 0.3 is 6.18 Å². The first-order valence-electron chi connectivity index (χ1n) is 5.52. The molecule has 1 atom stereocenters. The molecule has 1 aliphatic rings. The summed E-state index contributed by atoms with van der Waals surface area (Å²) in [5.41, 5.74) is -0.888. The van der Waals surface area contributed by atoms with E-state index in [2.05, 4.69) is 10.3 Å². The first-order chi connectivity index (χ1) is 8.38. The molecule has 2 rings (SSSR count). The van der Waals surface area contributed by atoms with Crippen molar-refractivity contribution < 1.29 is 18.3 Å². The molecule has 0 aromatic carbocycles. The van der Waals surface area contributed by atoms with Gasteiger partial charge in [-0.1, -0.05) is 11.6 Å². The lowest BCUT2D eigenvalue weighted by Gasteiger charge is -2.13. The van der Waals surface area contributed by atoms with Crippen molar-refractivity contribution in [2.45, 2.75) is 25.1 Å². The summed E-state index contributed by atoms with van der Waals surface area (Å²) >= 11 is 5.71. The molecular formula is C11H12ClF3N2O. The highest BCUT2D eigenvalue weighted by Crippen LogP contribution is 2.34. The van der Waals surface area contributed by atoms with Crippen molar-refractivity contribution in [3.63, 3.8) is 0 Å². The van der Waals surface area contributed by atoms with Gasteiger partial charge in [0.05, 0.1) is 16.7 Å². The number of aliphatic hydroxyl groups excluding tert-OH is 1. The van der Waals surface area contributed by atoms with Crippen molar-refractivity contribution in [1.29, 1.82) is 0 Å². The molecule has 0 amide bonds. The average molecular weight is 281 g/mol. The zero-order chi connectivity index (χ0) is 13.3. The van der Waals surface area contributed by atoms with Gasteiger partial charge in [-0.2, -0.15) is 13.2 Å². The zero-order valence-corrected chi connectivity index (χ0v) is 10.1. The fourth-order valence-corrected chi connectivity index (χ4v) is 1.81. The summed E-state index contributed by atoms with van der Waals surface area (Å²) in [6.07, 6.45) is -2.28. The standard InChI is InChI=1S/C11H12ClF3N2O/c12-8-3-7(11(13,14)15)4-16-10(8)17-5-9(18)6-1-2-6/h3-4,6,9,18H,1-2,5H2,(H,16,17). The number of hydrogen-bond donors (Lipinski definition) is 2. The quantitative estimate of drug-likeness (QED) is 0.891. The largest absolute Gasteiger partial charge is 0.417 e. The van der Waals surface area contributed by atoms with E-state index in [4.69, 9.17) is 11.6 Å². The number of alkyl halides is 3. The van der Waals surface area contributed by atoms with Gasteiger partial charge in [0.2, 0.25) is 0 Å². The summed E-state index contributed by atoms with van der Waals surface area (Å²) in [5, 5.41) is 12.3. The molecule has 0 bridgehead atoms. The van der Waals surface area contributed by atoms with Crippen LogP contribution >= 0.6 is 11.6 Å². The van der Waals surface area contributed by atoms with Crippen LogP contribution in [0.3, 0.4) is 0 Å². The van der Waals surface area contributed by atoms with Crippen LogP contribution in [0.2, 0.25) is 5.02 Å². The van der Waals surface area contributed by atoms with Crippen molar-refractivity contribution in [2.75, 3.05) is 11.9 Å². The molecule has 0 spiro atoms. The van der Waals surface area contributed by atoms with Gasteiger partial charge in [0.25, 0.3) is 0 Å². The molecule has 0 saturated heterocycles. The van der Waals surface area contributed by atoms with Crippen molar-refractivity contribution in [3.05, 3.63) is 22.8 Å². The maximum absolute atomic E-state index is 12.4. The lowest BCUT2D eigenvalue weighted by atomic mass is 10.2. The van der Waals surface area contributed by atoms with Gasteiger partial charge < -0.3 is 10.4 Å². The molecule has 1 heterocycles. The van der Waals surface area contributed by atoms with Crippen molar-refractivity contribution >= 4 is 17.4 Å². The van der Waals surface area contributed by atoms with Gasteiger partial charge in [-0.05, 0) is 24.8 Å². The van der Waals surface area contributed by atoms with Crippen molar-refractivity contribution in [1.82, 2.24) is 4.98 Å². The van der Waals surface area contributed by atoms with Crippen molar-refractivity contribution in [2.24, 2.45) is 5.92 Å². The van der Waals surface area contributed by atoms with Gasteiger partial charge in [-0.15, -0.1) is 0 Å². The molecule has 1 aromatic heterocycles. The lowest BCUT2D eigenvalue weighted by molar-refractivity contribution is -0.137. The van der Waals surface area contributed by atoms with Crippen molar-refractivity contribution in [3.8, 4) is 0 Å². The van der Waals surface area contributed by atoms with E-state index in [-0.39, 0.29) is 23.3 Å². The number of pyridine rings is 1. The van der Waals surface area contributed by atoms with E-state index in [1.165, 1.54) is 0 Å². The van der Waals surface area contributed by atoms with Crippen LogP contribution in [0.4, 0.5) is 19.0 Å². The summed E-state index contributed by atoms with van der Waals surface area (Å²) in [6, 6.07) is 0.820. The van der Waals surface area contributed by atoms with E-state index in [9.17, 15) is 18.3 Å². The normalized spacial score (nSPS) is 17.6. The molecule has 2 N–H and O–H groups in total. The molecule has 1 unspecified atom stereocenters. The predicted molar refractivity (Wildman–Crippen MR) is 61.5 cm³/mol. The van der Waals surface area contributed by atoms with E-state index >= 15 is 0 Å². The van der Waals surface area contributed by atoms with Gasteiger partial charge in [-0.3, -0.25) is 0 Å². The maximum atomic E-state index is 12.4. The highest BCUT2D eigenvalue weighted by atomic mass is 35.5. The van der Waals surface area contributed by atoms with E-state index in [1.54, 1.807) is 0 Å². The van der Waals surface area contributed by atoms with Crippen LogP contribution < -0.4 is 5.32 Å². The van der Waals surface area contributed by atoms with E-state index < -0.39 is 17.8 Å². The monoisotopic (exact) mass is 280 g/mol. The molecule has 1 saturated carbocycles. The molecule has 3 nitrogen and oxygen atoms in total. The van der Waals surface area contributed by atoms with Crippen LogP contribution in [0, 0.1) is 5.92 Å². The minimum Gasteiger partial charge on any atom is -0.391 e. The molecule has 0 aliphatic heterocycles. The Morgan fingerprint density at radius 1 is 1.50 bits per heavy atom. The Morgan fingerprint density at radius 2 is 2.17 bits per heavy atom. The van der Waals surface area contributed by atoms with Crippen LogP contribution in [0.5, 0.6) is 0 Å². The van der Waals surface area contributed by atoms with Crippen LogP contribution in [0.25, 0.3) is 0 Å². The van der Waals surface area contributed by atoms with Gasteiger partial charge in [-0.25, -0.2) is 4.98 Å². The van der Waals surface area contributed by atoms with Gasteiger partial charge in [0.15, 0.2) is 0 Å². The second kappa shape index (κ2) is 4.93. The van der Waals surface area contributed by atoms with Crippen LogP contribution in [-0.2, 0) is 6.18 Å². The van der Waals surface area contributed by atoms with E-state index in [0.717, 1.165) is 25.1 Å². The fourth-order valence-electron chi connectivity index (χ4n) is 1.57. The SMILES string of the molecule is OC(CNc1ncc(C(F)(F)F)cc1Cl)C1CC1. The summed E-state index contributed by atoms with van der Waals surface area (Å²) < 4.78 is 37.1. The molecule has 100 valence electrons. The van der Waals surface area contributed by atoms with Crippen LogP contribution in [0.15, 0.2) is 12.3 Å². The van der Waals surface area contributed by atoms with E-state index in [0.29, 0.717) is 0 Å². The minimum atomic E-state index is -4.46. The lowest BCUT2D eigenvalue weighted by Crippen LogP contribution is -2.22. The molecule has 1 aliphatic carbocycles. The summed E-state index contributed by atoms with van der Waals surface area (Å²) in [5.74, 6) is 0.440. The molecule has 18 heavy (non-hydrogen) atoms. The molecule has 1 aromatic rings. The minimum absolute atomic E-state index is 0.104. The summed E-state index contributed by atoms with van der Waals surface area (Å²) in [4.78, 5) is 3.62. The van der Waals surface area contributed by atoms with Gasteiger partial charge in [0, 0.05) is 12.7 Å². The Hall–Kier alpha value is -1.01. The molecular weight excluding hydrogens is 269 g/mol. The second-order valence-electron chi connectivity index (χ2n) is 4.34. The molecule has 0 radical (unpaired) electrons. The third-order valence-electron chi connectivity index (χ3n) is 2.81. The predicted octanol–water partition coefficient (Wildman–Crippen LogP) is 2.94. The summed E-state index contributed by atoms with van der Waals surface area (Å²) in [6.45, 7) is 0.239. The Morgan fingerprint density at radius 3 is 2.67 bits per heavy atom. The zero-order valence-electron chi connectivity index (χ0n) is 9.34. The molecule has 1 fully saturated rings. The second-order valence-corrected chi connectivity index (χ2v) is 4.75. The van der Waals surface area contributed by atoms with Gasteiger partial charge in [0.1, 0.15) is 5.82 Å². The summed E-state index contributed by atoms with van der Waals surface area (Å²) in [7, 11) is 0. The number of anilines is 1. The number of nitrogens with zero attached hydrogens (tertiary/aromatic N) is 1. The average Bonchev–Trinajstić information content (AvgIpc) is 3.09. The highest BCUT2D eigenvalue weighted by Gasteiger charge is 2.32. The number of aromatic nitrogens is 1. The third kappa shape index (κ3) is 3.26. The Labute approximate surface area is 107 Å². The van der Waals surface area contributed by atoms with Crippen LogP contribution in [-0.4, -0.2) is 22.7 Å². The first-order valence-corrected chi connectivity index (χ1v) is 5.90. The topological polar surface area (TPSA) is 45.1 Å². The number of halogens is 4. The maximum Gasteiger partial charge on any atom is 0.417 e. The highest BCUT2D eigenvalue weighted by molar-refractivity contribution is 6.32. The number of nitrogens with one attached hydrogen (secondary N) is 1. The third-order valence-corrected chi connectivity index (χ3v) is 3.10. The molecule has 7 heteroatoms. The fraction of sp³-hybridized carbons (Fsp3) is 0.545. The Bertz CT molecular complexity index is 435. The number of hydrogen-bond acceptors (Lipinski definition) is 3. The van der Waals surface area contributed by atoms with Crippen LogP contribution in [0.1, 0.15) is 18.4 Å². The van der Waals surface area contributed by atoms with E-state index in [1.807, 2.05) is 0 Å². The number of rotatable bonds is 4.